The van der Waals surface area contributed by atoms with Gasteiger partial charge in [-0.15, -0.1) is 0 Å². The predicted molar refractivity (Wildman–Crippen MR) is 83.8 cm³/mol. The molecule has 0 saturated heterocycles. The van der Waals surface area contributed by atoms with Gasteiger partial charge in [-0.1, -0.05) is 13.8 Å². The first-order valence-corrected chi connectivity index (χ1v) is 7.63. The van der Waals surface area contributed by atoms with Crippen molar-refractivity contribution in [3.63, 3.8) is 0 Å². The molecule has 0 spiro atoms. The van der Waals surface area contributed by atoms with E-state index in [-0.39, 0.29) is 12.2 Å². The molecule has 0 aliphatic heterocycles. The Balaban J connectivity index is 2.70. The van der Waals surface area contributed by atoms with E-state index in [0.29, 0.717) is 30.9 Å². The van der Waals surface area contributed by atoms with Gasteiger partial charge in [0.25, 0.3) is 0 Å². The number of nitrogens with one attached hydrogen (secondary N) is 2. The maximum atomic E-state index is 9.55. The van der Waals surface area contributed by atoms with Crippen molar-refractivity contribution in [3.8, 4) is 6.01 Å². The van der Waals surface area contributed by atoms with E-state index in [9.17, 15) is 5.11 Å². The number of anilines is 2. The zero-order valence-corrected chi connectivity index (χ0v) is 13.4. The minimum absolute atomic E-state index is 0.00110. The van der Waals surface area contributed by atoms with Crippen molar-refractivity contribution < 1.29 is 9.84 Å². The quantitative estimate of drug-likeness (QED) is 0.608. The molecule has 1 aromatic heterocycles. The van der Waals surface area contributed by atoms with Gasteiger partial charge in [0, 0.05) is 13.1 Å². The highest BCUT2D eigenvalue weighted by Crippen LogP contribution is 2.13. The molecule has 1 atom stereocenters. The summed E-state index contributed by atoms with van der Waals surface area (Å²) in [5, 5.41) is 15.8. The van der Waals surface area contributed by atoms with Crippen LogP contribution < -0.4 is 15.4 Å². The minimum Gasteiger partial charge on any atom is -0.461 e. The average Bonchev–Trinajstić information content (AvgIpc) is 2.44. The van der Waals surface area contributed by atoms with Crippen molar-refractivity contribution in [1.29, 1.82) is 0 Å². The van der Waals surface area contributed by atoms with Crippen LogP contribution in [-0.2, 0) is 0 Å². The summed E-state index contributed by atoms with van der Waals surface area (Å²) in [5.41, 5.74) is 0. The Morgan fingerprint density at radius 1 is 1.05 bits per heavy atom. The van der Waals surface area contributed by atoms with Gasteiger partial charge in [0.15, 0.2) is 0 Å². The third kappa shape index (κ3) is 7.08. The summed E-state index contributed by atoms with van der Waals surface area (Å²) < 4.78 is 5.53. The summed E-state index contributed by atoms with van der Waals surface area (Å²) >= 11 is 0. The lowest BCUT2D eigenvalue weighted by molar-refractivity contribution is 0.164. The van der Waals surface area contributed by atoms with E-state index in [2.05, 4.69) is 32.5 Å². The maximum Gasteiger partial charge on any atom is 0.323 e. The Labute approximate surface area is 126 Å². The first-order chi connectivity index (χ1) is 10.0. The Morgan fingerprint density at radius 3 is 2.19 bits per heavy atom. The average molecular weight is 297 g/mol. The fourth-order valence-corrected chi connectivity index (χ4v) is 1.57. The number of hydrogen-bond acceptors (Lipinski definition) is 7. The molecule has 1 aromatic rings. The molecule has 7 heteroatoms. The number of ether oxygens (including phenoxy) is 1. The number of hydrogen-bond donors (Lipinski definition) is 3. The second-order valence-corrected chi connectivity index (χ2v) is 5.14. The molecule has 0 aromatic carbocycles. The number of rotatable bonds is 10. The zero-order valence-electron chi connectivity index (χ0n) is 13.4. The summed E-state index contributed by atoms with van der Waals surface area (Å²) in [6.45, 7) is 9.27. The van der Waals surface area contributed by atoms with Crippen molar-refractivity contribution in [2.24, 2.45) is 0 Å². The largest absolute Gasteiger partial charge is 0.461 e. The molecule has 0 fully saturated rings. The molecule has 0 saturated carbocycles. The first kappa shape index (κ1) is 17.4. The van der Waals surface area contributed by atoms with Crippen LogP contribution in [0.15, 0.2) is 0 Å². The van der Waals surface area contributed by atoms with Gasteiger partial charge in [-0.05, 0) is 33.1 Å². The van der Waals surface area contributed by atoms with Crippen LogP contribution >= 0.6 is 0 Å². The molecule has 120 valence electrons. The fraction of sp³-hybridized carbons (Fsp3) is 0.786. The molecule has 0 radical (unpaired) electrons. The van der Waals surface area contributed by atoms with Gasteiger partial charge in [-0.25, -0.2) is 0 Å². The van der Waals surface area contributed by atoms with Crippen molar-refractivity contribution in [2.45, 2.75) is 59.2 Å². The molecule has 1 heterocycles. The summed E-state index contributed by atoms with van der Waals surface area (Å²) in [7, 11) is 0. The summed E-state index contributed by atoms with van der Waals surface area (Å²) in [5.74, 6) is 0.962. The van der Waals surface area contributed by atoms with Gasteiger partial charge in [-0.2, -0.15) is 15.0 Å². The van der Waals surface area contributed by atoms with Crippen LogP contribution in [0, 0.1) is 0 Å². The summed E-state index contributed by atoms with van der Waals surface area (Å²) in [6, 6.07) is 0.303. The standard InChI is InChI=1S/C14H27N5O2/c1-5-8-15-12-17-13(16-9-7-11(20)6-2)19-14(18-12)21-10(3)4/h10-11,20H,5-9H2,1-4H3,(H2,15,16,17,18,19). The fourth-order valence-electron chi connectivity index (χ4n) is 1.57. The molecule has 0 aliphatic rings. The third-order valence-corrected chi connectivity index (χ3v) is 2.72. The molecule has 0 amide bonds. The van der Waals surface area contributed by atoms with Crippen molar-refractivity contribution in [2.75, 3.05) is 23.7 Å². The maximum absolute atomic E-state index is 9.55. The van der Waals surface area contributed by atoms with Crippen LogP contribution in [-0.4, -0.2) is 45.4 Å². The van der Waals surface area contributed by atoms with E-state index in [0.717, 1.165) is 19.4 Å². The van der Waals surface area contributed by atoms with Crippen molar-refractivity contribution in [1.82, 2.24) is 15.0 Å². The van der Waals surface area contributed by atoms with Crippen LogP contribution in [0.1, 0.15) is 47.0 Å². The van der Waals surface area contributed by atoms with E-state index < -0.39 is 0 Å². The lowest BCUT2D eigenvalue weighted by atomic mass is 10.2. The number of aliphatic hydroxyl groups excluding tert-OH is 1. The van der Waals surface area contributed by atoms with Gasteiger partial charge < -0.3 is 20.5 Å². The topological polar surface area (TPSA) is 92.2 Å². The minimum atomic E-state index is -0.302. The van der Waals surface area contributed by atoms with E-state index in [4.69, 9.17) is 4.74 Å². The van der Waals surface area contributed by atoms with E-state index in [1.54, 1.807) is 0 Å². The van der Waals surface area contributed by atoms with Crippen LogP contribution in [0.5, 0.6) is 6.01 Å². The highest BCUT2D eigenvalue weighted by molar-refractivity contribution is 5.35. The molecular weight excluding hydrogens is 270 g/mol. The smallest absolute Gasteiger partial charge is 0.323 e. The number of aliphatic hydroxyl groups is 1. The molecule has 1 unspecified atom stereocenters. The third-order valence-electron chi connectivity index (χ3n) is 2.72. The number of aromatic nitrogens is 3. The summed E-state index contributed by atoms with van der Waals surface area (Å²) in [4.78, 5) is 12.7. The van der Waals surface area contributed by atoms with Crippen LogP contribution in [0.3, 0.4) is 0 Å². The summed E-state index contributed by atoms with van der Waals surface area (Å²) in [6.07, 6.45) is 2.08. The van der Waals surface area contributed by atoms with Crippen molar-refractivity contribution in [3.05, 3.63) is 0 Å². The van der Waals surface area contributed by atoms with Gasteiger partial charge in [-0.3, -0.25) is 0 Å². The molecule has 21 heavy (non-hydrogen) atoms. The lowest BCUT2D eigenvalue weighted by Gasteiger charge is -2.12. The second-order valence-electron chi connectivity index (χ2n) is 5.14. The van der Waals surface area contributed by atoms with Crippen LogP contribution in [0.2, 0.25) is 0 Å². The van der Waals surface area contributed by atoms with Crippen LogP contribution in [0.4, 0.5) is 11.9 Å². The molecule has 7 nitrogen and oxygen atoms in total. The molecule has 3 N–H and O–H groups in total. The van der Waals surface area contributed by atoms with Crippen LogP contribution in [0.25, 0.3) is 0 Å². The molecule has 0 aliphatic carbocycles. The van der Waals surface area contributed by atoms with Gasteiger partial charge in [0.05, 0.1) is 12.2 Å². The highest BCUT2D eigenvalue weighted by atomic mass is 16.5. The molecule has 0 bridgehead atoms. The van der Waals surface area contributed by atoms with Gasteiger partial charge in [0.1, 0.15) is 0 Å². The van der Waals surface area contributed by atoms with E-state index in [1.165, 1.54) is 0 Å². The molecular formula is C14H27N5O2. The predicted octanol–water partition coefficient (Wildman–Crippen LogP) is 2.05. The van der Waals surface area contributed by atoms with Crippen molar-refractivity contribution >= 4 is 11.9 Å². The highest BCUT2D eigenvalue weighted by Gasteiger charge is 2.09. The Kier molecular flexibility index (Phi) is 7.74. The van der Waals surface area contributed by atoms with Gasteiger partial charge >= 0.3 is 6.01 Å². The Hall–Kier alpha value is -1.63. The van der Waals surface area contributed by atoms with E-state index >= 15 is 0 Å². The second kappa shape index (κ2) is 9.33. The SMILES string of the molecule is CCCNc1nc(NCCC(O)CC)nc(OC(C)C)n1. The monoisotopic (exact) mass is 297 g/mol. The lowest BCUT2D eigenvalue weighted by Crippen LogP contribution is -2.16. The number of nitrogens with zero attached hydrogens (tertiary/aromatic N) is 3. The van der Waals surface area contributed by atoms with Gasteiger partial charge in [0.2, 0.25) is 11.9 Å². The Morgan fingerprint density at radius 2 is 1.67 bits per heavy atom. The normalized spacial score (nSPS) is 12.3. The Bertz CT molecular complexity index is 414. The first-order valence-electron chi connectivity index (χ1n) is 7.63. The molecule has 1 rings (SSSR count). The van der Waals surface area contributed by atoms with E-state index in [1.807, 2.05) is 20.8 Å². The zero-order chi connectivity index (χ0) is 15.7.